The first-order valence-corrected chi connectivity index (χ1v) is 10.6. The van der Waals surface area contributed by atoms with Crippen LogP contribution in [0.5, 0.6) is 0 Å². The highest BCUT2D eigenvalue weighted by molar-refractivity contribution is 7.91. The highest BCUT2D eigenvalue weighted by Gasteiger charge is 2.36. The average Bonchev–Trinajstić information content (AvgIpc) is 2.94. The standard InChI is InChI=1S/C17H23ClN2O5S/c1-3-11(2)20(13-6-7-26(23,24)10-13)16(21)9-25-17(22)12-4-5-14(18)15(19)8-12/h4-5,8,11,13H,3,6-7,9-10,19H2,1-2H3/t11-,13+/m1/s1. The van der Waals surface area contributed by atoms with Crippen LogP contribution in [0.3, 0.4) is 0 Å². The summed E-state index contributed by atoms with van der Waals surface area (Å²) < 4.78 is 28.6. The average molecular weight is 403 g/mol. The van der Waals surface area contributed by atoms with Crippen LogP contribution >= 0.6 is 11.6 Å². The molecule has 0 bridgehead atoms. The van der Waals surface area contributed by atoms with Crippen LogP contribution in [-0.4, -0.2) is 55.4 Å². The van der Waals surface area contributed by atoms with Crippen LogP contribution in [0.25, 0.3) is 0 Å². The Balaban J connectivity index is 2.04. The maximum absolute atomic E-state index is 12.6. The van der Waals surface area contributed by atoms with Gasteiger partial charge in [0, 0.05) is 12.1 Å². The molecule has 9 heteroatoms. The molecule has 0 radical (unpaired) electrons. The molecule has 0 saturated carbocycles. The lowest BCUT2D eigenvalue weighted by Crippen LogP contribution is -2.48. The van der Waals surface area contributed by atoms with Gasteiger partial charge >= 0.3 is 5.97 Å². The molecule has 0 spiro atoms. The highest BCUT2D eigenvalue weighted by Crippen LogP contribution is 2.22. The second kappa shape index (κ2) is 8.26. The van der Waals surface area contributed by atoms with Crippen molar-refractivity contribution in [3.63, 3.8) is 0 Å². The summed E-state index contributed by atoms with van der Waals surface area (Å²) in [5.74, 6) is -1.08. The fraction of sp³-hybridized carbons (Fsp3) is 0.529. The maximum atomic E-state index is 12.6. The van der Waals surface area contributed by atoms with Crippen molar-refractivity contribution in [3.05, 3.63) is 28.8 Å². The number of amides is 1. The predicted molar refractivity (Wildman–Crippen MR) is 99.8 cm³/mol. The van der Waals surface area contributed by atoms with E-state index in [1.54, 1.807) is 0 Å². The molecule has 7 nitrogen and oxygen atoms in total. The summed E-state index contributed by atoms with van der Waals surface area (Å²) in [6, 6.07) is 3.79. The van der Waals surface area contributed by atoms with Gasteiger partial charge in [-0.25, -0.2) is 13.2 Å². The Bertz CT molecular complexity index is 796. The predicted octanol–water partition coefficient (Wildman–Crippen LogP) is 1.89. The summed E-state index contributed by atoms with van der Waals surface area (Å²) >= 11 is 5.81. The highest BCUT2D eigenvalue weighted by atomic mass is 35.5. The third-order valence-electron chi connectivity index (χ3n) is 4.51. The molecule has 144 valence electrons. The van der Waals surface area contributed by atoms with Gasteiger partial charge in [0.2, 0.25) is 0 Å². The number of ether oxygens (including phenoxy) is 1. The molecule has 2 N–H and O–H groups in total. The van der Waals surface area contributed by atoms with Crippen LogP contribution in [0.4, 0.5) is 5.69 Å². The number of nitrogens with two attached hydrogens (primary N) is 1. The molecular formula is C17H23ClN2O5S. The Labute approximate surface area is 158 Å². The van der Waals surface area contributed by atoms with Gasteiger partial charge in [-0.15, -0.1) is 0 Å². The first-order chi connectivity index (χ1) is 12.1. The van der Waals surface area contributed by atoms with E-state index in [1.165, 1.54) is 23.1 Å². The van der Waals surface area contributed by atoms with Crippen LogP contribution < -0.4 is 5.73 Å². The molecule has 1 aromatic rings. The summed E-state index contributed by atoms with van der Waals surface area (Å²) in [6.07, 6.45) is 1.07. The number of esters is 1. The molecule has 0 aromatic heterocycles. The van der Waals surface area contributed by atoms with Gasteiger partial charge in [-0.2, -0.15) is 0 Å². The SMILES string of the molecule is CC[C@@H](C)N(C(=O)COC(=O)c1ccc(Cl)c(N)c1)[C@H]1CCS(=O)(=O)C1. The quantitative estimate of drug-likeness (QED) is 0.575. The minimum Gasteiger partial charge on any atom is -0.452 e. The Kier molecular flexibility index (Phi) is 6.52. The molecule has 1 aliphatic rings. The fourth-order valence-corrected chi connectivity index (χ4v) is 4.79. The van der Waals surface area contributed by atoms with E-state index in [2.05, 4.69) is 0 Å². The van der Waals surface area contributed by atoms with E-state index in [4.69, 9.17) is 22.1 Å². The number of hydrogen-bond donors (Lipinski definition) is 1. The van der Waals surface area contributed by atoms with Gasteiger partial charge in [0.25, 0.3) is 5.91 Å². The van der Waals surface area contributed by atoms with Gasteiger partial charge in [0.15, 0.2) is 16.4 Å². The molecule has 1 fully saturated rings. The topological polar surface area (TPSA) is 107 Å². The molecule has 1 saturated heterocycles. The number of sulfone groups is 1. The third kappa shape index (κ3) is 4.88. The van der Waals surface area contributed by atoms with E-state index in [0.29, 0.717) is 17.9 Å². The van der Waals surface area contributed by atoms with Crippen molar-refractivity contribution < 1.29 is 22.7 Å². The summed E-state index contributed by atoms with van der Waals surface area (Å²) in [6.45, 7) is 3.31. The number of halogens is 1. The number of carbonyl (C=O) groups is 2. The largest absolute Gasteiger partial charge is 0.452 e. The normalized spacial score (nSPS) is 19.7. The zero-order valence-corrected chi connectivity index (χ0v) is 16.3. The second-order valence-corrected chi connectivity index (χ2v) is 9.06. The zero-order chi connectivity index (χ0) is 19.5. The van der Waals surface area contributed by atoms with Crippen LogP contribution in [-0.2, 0) is 19.4 Å². The number of nitrogens with zero attached hydrogens (tertiary/aromatic N) is 1. The number of benzene rings is 1. The molecule has 26 heavy (non-hydrogen) atoms. The molecule has 1 heterocycles. The molecule has 2 atom stereocenters. The van der Waals surface area contributed by atoms with E-state index < -0.39 is 28.3 Å². The lowest BCUT2D eigenvalue weighted by molar-refractivity contribution is -0.138. The van der Waals surface area contributed by atoms with Crippen molar-refractivity contribution >= 4 is 39.0 Å². The van der Waals surface area contributed by atoms with Gasteiger partial charge in [0.1, 0.15) is 0 Å². The summed E-state index contributed by atoms with van der Waals surface area (Å²) in [5.41, 5.74) is 6.09. The molecule has 0 unspecified atom stereocenters. The molecule has 0 aliphatic carbocycles. The lowest BCUT2D eigenvalue weighted by atomic mass is 10.1. The monoisotopic (exact) mass is 402 g/mol. The minimum absolute atomic E-state index is 0.0508. The van der Waals surface area contributed by atoms with E-state index in [9.17, 15) is 18.0 Å². The van der Waals surface area contributed by atoms with Gasteiger partial charge in [-0.3, -0.25) is 4.79 Å². The van der Waals surface area contributed by atoms with Crippen molar-refractivity contribution in [2.45, 2.75) is 38.8 Å². The van der Waals surface area contributed by atoms with E-state index in [1.807, 2.05) is 13.8 Å². The lowest BCUT2D eigenvalue weighted by Gasteiger charge is -2.33. The smallest absolute Gasteiger partial charge is 0.338 e. The molecular weight excluding hydrogens is 380 g/mol. The van der Waals surface area contributed by atoms with Gasteiger partial charge in [-0.1, -0.05) is 18.5 Å². The van der Waals surface area contributed by atoms with Crippen LogP contribution in [0.1, 0.15) is 37.0 Å². The van der Waals surface area contributed by atoms with Crippen LogP contribution in [0.15, 0.2) is 18.2 Å². The number of carbonyl (C=O) groups excluding carboxylic acids is 2. The minimum atomic E-state index is -3.13. The molecule has 2 rings (SSSR count). The van der Waals surface area contributed by atoms with E-state index >= 15 is 0 Å². The molecule has 1 amide bonds. The Hall–Kier alpha value is -1.80. The summed E-state index contributed by atoms with van der Waals surface area (Å²) in [5, 5.41) is 0.322. The molecule has 1 aliphatic heterocycles. The Morgan fingerprint density at radius 3 is 2.65 bits per heavy atom. The van der Waals surface area contributed by atoms with E-state index in [-0.39, 0.29) is 34.8 Å². The van der Waals surface area contributed by atoms with Gasteiger partial charge in [0.05, 0.1) is 27.8 Å². The zero-order valence-electron chi connectivity index (χ0n) is 14.8. The van der Waals surface area contributed by atoms with Crippen molar-refractivity contribution in [2.24, 2.45) is 0 Å². The van der Waals surface area contributed by atoms with E-state index in [0.717, 1.165) is 0 Å². The van der Waals surface area contributed by atoms with Crippen molar-refractivity contribution in [2.75, 3.05) is 23.8 Å². The van der Waals surface area contributed by atoms with Gasteiger partial charge in [-0.05, 0) is 38.0 Å². The van der Waals surface area contributed by atoms with Crippen LogP contribution in [0, 0.1) is 0 Å². The third-order valence-corrected chi connectivity index (χ3v) is 6.61. The van der Waals surface area contributed by atoms with Crippen LogP contribution in [0.2, 0.25) is 5.02 Å². The van der Waals surface area contributed by atoms with Crippen molar-refractivity contribution in [3.8, 4) is 0 Å². The van der Waals surface area contributed by atoms with Crippen molar-refractivity contribution in [1.82, 2.24) is 4.90 Å². The first kappa shape index (κ1) is 20.5. The number of anilines is 1. The Morgan fingerprint density at radius 1 is 1.42 bits per heavy atom. The van der Waals surface area contributed by atoms with Gasteiger partial charge < -0.3 is 15.4 Å². The number of rotatable bonds is 6. The summed E-state index contributed by atoms with van der Waals surface area (Å²) in [7, 11) is -3.13. The number of hydrogen-bond acceptors (Lipinski definition) is 6. The summed E-state index contributed by atoms with van der Waals surface area (Å²) in [4.78, 5) is 26.3. The molecule has 1 aromatic carbocycles. The first-order valence-electron chi connectivity index (χ1n) is 8.38. The van der Waals surface area contributed by atoms with Crippen molar-refractivity contribution in [1.29, 1.82) is 0 Å². The maximum Gasteiger partial charge on any atom is 0.338 e. The fourth-order valence-electron chi connectivity index (χ4n) is 2.96. The number of nitrogen functional groups attached to an aromatic ring is 1. The Morgan fingerprint density at radius 2 is 2.12 bits per heavy atom. The second-order valence-electron chi connectivity index (χ2n) is 6.43.